The molecule has 0 bridgehead atoms. The average Bonchev–Trinajstić information content (AvgIpc) is 2.84. The van der Waals surface area contributed by atoms with Crippen molar-refractivity contribution in [2.45, 2.75) is 13.5 Å². The van der Waals surface area contributed by atoms with Gasteiger partial charge < -0.3 is 10.6 Å². The van der Waals surface area contributed by atoms with Crippen LogP contribution in [0.3, 0.4) is 0 Å². The second kappa shape index (κ2) is 5.99. The normalized spacial score (nSPS) is 10.2. The molecule has 0 spiro atoms. The van der Waals surface area contributed by atoms with Gasteiger partial charge in [-0.3, -0.25) is 9.48 Å². The van der Waals surface area contributed by atoms with E-state index in [9.17, 15) is 4.79 Å². The predicted molar refractivity (Wildman–Crippen MR) is 73.1 cm³/mol. The number of hydrogen-bond acceptors (Lipinski definition) is 4. The summed E-state index contributed by atoms with van der Waals surface area (Å²) in [7, 11) is 1.77. The minimum atomic E-state index is -0.109. The lowest BCUT2D eigenvalue weighted by Crippen LogP contribution is -2.27. The van der Waals surface area contributed by atoms with Gasteiger partial charge in [0.2, 0.25) is 0 Å². The molecule has 0 aliphatic rings. The molecule has 0 saturated heterocycles. The van der Waals surface area contributed by atoms with Crippen LogP contribution in [-0.2, 0) is 6.54 Å². The molecule has 2 aromatic heterocycles. The van der Waals surface area contributed by atoms with E-state index in [1.165, 1.54) is 0 Å². The Morgan fingerprint density at radius 2 is 2.32 bits per heavy atom. The van der Waals surface area contributed by atoms with Gasteiger partial charge in [-0.15, -0.1) is 0 Å². The Hall–Kier alpha value is -2.37. The zero-order valence-corrected chi connectivity index (χ0v) is 11.1. The molecule has 0 fully saturated rings. The van der Waals surface area contributed by atoms with E-state index in [1.54, 1.807) is 36.3 Å². The largest absolute Gasteiger partial charge is 0.373 e. The van der Waals surface area contributed by atoms with E-state index in [0.29, 0.717) is 24.5 Å². The van der Waals surface area contributed by atoms with E-state index in [1.807, 2.05) is 13.1 Å². The number of pyridine rings is 1. The van der Waals surface area contributed by atoms with Crippen LogP contribution in [0, 0.1) is 6.92 Å². The van der Waals surface area contributed by atoms with Gasteiger partial charge in [-0.25, -0.2) is 4.98 Å². The standard InChI is InChI=1S/C13H17N5O/c1-10-8-17-18(9-10)6-5-16-13(19)11-3-4-15-12(7-11)14-2/h3-4,7-9H,5-6H2,1-2H3,(H,14,15)(H,16,19). The van der Waals surface area contributed by atoms with Crippen molar-refractivity contribution >= 4 is 11.7 Å². The number of aromatic nitrogens is 3. The van der Waals surface area contributed by atoms with Crippen LogP contribution >= 0.6 is 0 Å². The molecule has 0 saturated carbocycles. The van der Waals surface area contributed by atoms with Crippen molar-refractivity contribution in [3.8, 4) is 0 Å². The van der Waals surface area contributed by atoms with Crippen LogP contribution in [0.1, 0.15) is 15.9 Å². The summed E-state index contributed by atoms with van der Waals surface area (Å²) in [6.45, 7) is 3.18. The van der Waals surface area contributed by atoms with Crippen molar-refractivity contribution in [3.05, 3.63) is 41.9 Å². The molecule has 100 valence electrons. The fraction of sp³-hybridized carbons (Fsp3) is 0.308. The zero-order chi connectivity index (χ0) is 13.7. The molecule has 0 atom stereocenters. The molecule has 19 heavy (non-hydrogen) atoms. The number of carbonyl (C=O) groups excluding carboxylic acids is 1. The van der Waals surface area contributed by atoms with E-state index in [-0.39, 0.29) is 5.91 Å². The molecular weight excluding hydrogens is 242 g/mol. The lowest BCUT2D eigenvalue weighted by atomic mass is 10.2. The summed E-state index contributed by atoms with van der Waals surface area (Å²) in [4.78, 5) is 16.0. The Kier molecular flexibility index (Phi) is 4.12. The summed E-state index contributed by atoms with van der Waals surface area (Å²) in [5.41, 5.74) is 1.70. The van der Waals surface area contributed by atoms with E-state index in [2.05, 4.69) is 20.7 Å². The molecule has 2 aromatic rings. The van der Waals surface area contributed by atoms with Crippen LogP contribution < -0.4 is 10.6 Å². The lowest BCUT2D eigenvalue weighted by molar-refractivity contribution is 0.0952. The molecule has 1 amide bonds. The molecule has 0 aromatic carbocycles. The molecule has 6 heteroatoms. The molecular formula is C13H17N5O. The Labute approximate surface area is 111 Å². The number of nitrogens with zero attached hydrogens (tertiary/aromatic N) is 3. The summed E-state index contributed by atoms with van der Waals surface area (Å²) in [5, 5.41) is 9.91. The number of hydrogen-bond donors (Lipinski definition) is 2. The third-order valence-electron chi connectivity index (χ3n) is 2.67. The molecule has 2 heterocycles. The molecule has 6 nitrogen and oxygen atoms in total. The van der Waals surface area contributed by atoms with Gasteiger partial charge in [-0.05, 0) is 24.6 Å². The predicted octanol–water partition coefficient (Wildman–Crippen LogP) is 1.06. The summed E-state index contributed by atoms with van der Waals surface area (Å²) in [5.74, 6) is 0.568. The van der Waals surface area contributed by atoms with Crippen molar-refractivity contribution < 1.29 is 4.79 Å². The number of amides is 1. The van der Waals surface area contributed by atoms with E-state index >= 15 is 0 Å². The summed E-state index contributed by atoms with van der Waals surface area (Å²) in [6.07, 6.45) is 5.35. The van der Waals surface area contributed by atoms with Gasteiger partial charge in [0.1, 0.15) is 5.82 Å². The molecule has 0 aliphatic heterocycles. The highest BCUT2D eigenvalue weighted by Gasteiger charge is 2.05. The second-order valence-electron chi connectivity index (χ2n) is 4.22. The monoisotopic (exact) mass is 259 g/mol. The van der Waals surface area contributed by atoms with Gasteiger partial charge in [-0.2, -0.15) is 5.10 Å². The van der Waals surface area contributed by atoms with Crippen LogP contribution in [-0.4, -0.2) is 34.3 Å². The van der Waals surface area contributed by atoms with Crippen molar-refractivity contribution in [1.82, 2.24) is 20.1 Å². The molecule has 2 N–H and O–H groups in total. The first kappa shape index (κ1) is 13.1. The third kappa shape index (κ3) is 3.54. The quantitative estimate of drug-likeness (QED) is 0.842. The van der Waals surface area contributed by atoms with Crippen molar-refractivity contribution in [2.24, 2.45) is 0 Å². The van der Waals surface area contributed by atoms with Crippen LogP contribution in [0.15, 0.2) is 30.7 Å². The van der Waals surface area contributed by atoms with Crippen LogP contribution in [0.5, 0.6) is 0 Å². The fourth-order valence-corrected chi connectivity index (χ4v) is 1.68. The lowest BCUT2D eigenvalue weighted by Gasteiger charge is -2.06. The Balaban J connectivity index is 1.87. The highest BCUT2D eigenvalue weighted by molar-refractivity contribution is 5.94. The number of aryl methyl sites for hydroxylation is 1. The minimum absolute atomic E-state index is 0.109. The number of rotatable bonds is 5. The SMILES string of the molecule is CNc1cc(C(=O)NCCn2cc(C)cn2)ccn1. The summed E-state index contributed by atoms with van der Waals surface area (Å²) >= 11 is 0. The van der Waals surface area contributed by atoms with Gasteiger partial charge in [0.25, 0.3) is 5.91 Å². The van der Waals surface area contributed by atoms with Crippen molar-refractivity contribution in [1.29, 1.82) is 0 Å². The maximum atomic E-state index is 11.9. The smallest absolute Gasteiger partial charge is 0.251 e. The van der Waals surface area contributed by atoms with Crippen LogP contribution in [0.25, 0.3) is 0 Å². The topological polar surface area (TPSA) is 71.8 Å². The third-order valence-corrected chi connectivity index (χ3v) is 2.67. The van der Waals surface area contributed by atoms with Gasteiger partial charge in [-0.1, -0.05) is 0 Å². The fourth-order valence-electron chi connectivity index (χ4n) is 1.68. The first-order valence-electron chi connectivity index (χ1n) is 6.10. The van der Waals surface area contributed by atoms with E-state index in [0.717, 1.165) is 5.56 Å². The van der Waals surface area contributed by atoms with Crippen LogP contribution in [0.2, 0.25) is 0 Å². The Morgan fingerprint density at radius 1 is 1.47 bits per heavy atom. The molecule has 0 radical (unpaired) electrons. The maximum absolute atomic E-state index is 11.9. The Morgan fingerprint density at radius 3 is 3.00 bits per heavy atom. The second-order valence-corrected chi connectivity index (χ2v) is 4.22. The van der Waals surface area contributed by atoms with Crippen molar-refractivity contribution in [2.75, 3.05) is 18.9 Å². The van der Waals surface area contributed by atoms with Crippen molar-refractivity contribution in [3.63, 3.8) is 0 Å². The van der Waals surface area contributed by atoms with Gasteiger partial charge in [0.05, 0.1) is 12.7 Å². The summed E-state index contributed by atoms with van der Waals surface area (Å²) in [6, 6.07) is 3.40. The van der Waals surface area contributed by atoms with Gasteiger partial charge >= 0.3 is 0 Å². The maximum Gasteiger partial charge on any atom is 0.251 e. The van der Waals surface area contributed by atoms with E-state index < -0.39 is 0 Å². The highest BCUT2D eigenvalue weighted by Crippen LogP contribution is 2.05. The van der Waals surface area contributed by atoms with Gasteiger partial charge in [0.15, 0.2) is 0 Å². The Bertz CT molecular complexity index is 564. The minimum Gasteiger partial charge on any atom is -0.373 e. The highest BCUT2D eigenvalue weighted by atomic mass is 16.1. The number of nitrogens with one attached hydrogen (secondary N) is 2. The number of carbonyl (C=O) groups is 1. The molecule has 0 unspecified atom stereocenters. The van der Waals surface area contributed by atoms with Gasteiger partial charge in [0, 0.05) is 31.5 Å². The first-order chi connectivity index (χ1) is 9.19. The van der Waals surface area contributed by atoms with Crippen LogP contribution in [0.4, 0.5) is 5.82 Å². The zero-order valence-electron chi connectivity index (χ0n) is 11.1. The molecule has 2 rings (SSSR count). The summed E-state index contributed by atoms with van der Waals surface area (Å²) < 4.78 is 1.81. The van der Waals surface area contributed by atoms with E-state index in [4.69, 9.17) is 0 Å². The number of anilines is 1. The first-order valence-corrected chi connectivity index (χ1v) is 6.10. The molecule has 0 aliphatic carbocycles. The average molecular weight is 259 g/mol.